The van der Waals surface area contributed by atoms with Crippen molar-refractivity contribution < 1.29 is 0 Å². The van der Waals surface area contributed by atoms with Crippen molar-refractivity contribution in [2.75, 3.05) is 19.6 Å². The van der Waals surface area contributed by atoms with Crippen molar-refractivity contribution in [3.05, 3.63) is 12.2 Å². The summed E-state index contributed by atoms with van der Waals surface area (Å²) in [5, 5.41) is 7.79. The van der Waals surface area contributed by atoms with Crippen LogP contribution in [0.4, 0.5) is 0 Å². The van der Waals surface area contributed by atoms with Gasteiger partial charge in [0.15, 0.2) is 0 Å². The Kier molecular flexibility index (Phi) is 5.54. The molecular formula is C15H29N5. The first-order valence-corrected chi connectivity index (χ1v) is 7.91. The molecule has 1 aliphatic rings. The standard InChI is InChI=1S/C15H29N5/c1-12(2)19(9-14-5-7-16-8-6-14)10-15-17-11-18-20(15)13(3)4/h11-14,16H,5-10H2,1-4H3. The van der Waals surface area contributed by atoms with Crippen molar-refractivity contribution >= 4 is 0 Å². The fourth-order valence-corrected chi connectivity index (χ4v) is 2.85. The van der Waals surface area contributed by atoms with Gasteiger partial charge in [-0.15, -0.1) is 0 Å². The summed E-state index contributed by atoms with van der Waals surface area (Å²) < 4.78 is 2.04. The third-order valence-electron chi connectivity index (χ3n) is 4.16. The molecule has 0 bridgehead atoms. The van der Waals surface area contributed by atoms with Crippen LogP contribution in [0.2, 0.25) is 0 Å². The van der Waals surface area contributed by atoms with Crippen LogP contribution in [0.5, 0.6) is 0 Å². The number of hydrogen-bond acceptors (Lipinski definition) is 4. The highest BCUT2D eigenvalue weighted by Gasteiger charge is 2.21. The zero-order valence-electron chi connectivity index (χ0n) is 13.3. The highest BCUT2D eigenvalue weighted by Crippen LogP contribution is 2.17. The van der Waals surface area contributed by atoms with Crippen LogP contribution >= 0.6 is 0 Å². The SMILES string of the molecule is CC(C)N(Cc1ncnn1C(C)C)CC1CCNCC1. The minimum atomic E-state index is 0.375. The topological polar surface area (TPSA) is 46.0 Å². The van der Waals surface area contributed by atoms with Gasteiger partial charge in [-0.05, 0) is 59.5 Å². The molecule has 0 unspecified atom stereocenters. The van der Waals surface area contributed by atoms with Gasteiger partial charge >= 0.3 is 0 Å². The van der Waals surface area contributed by atoms with Crippen molar-refractivity contribution in [3.63, 3.8) is 0 Å². The quantitative estimate of drug-likeness (QED) is 0.866. The van der Waals surface area contributed by atoms with Crippen molar-refractivity contribution in [1.82, 2.24) is 25.0 Å². The van der Waals surface area contributed by atoms with Crippen molar-refractivity contribution in [1.29, 1.82) is 0 Å². The van der Waals surface area contributed by atoms with E-state index >= 15 is 0 Å². The van der Waals surface area contributed by atoms with Gasteiger partial charge in [-0.25, -0.2) is 9.67 Å². The molecule has 114 valence electrons. The molecule has 0 radical (unpaired) electrons. The Balaban J connectivity index is 1.99. The number of nitrogens with one attached hydrogen (secondary N) is 1. The Labute approximate surface area is 122 Å². The summed E-state index contributed by atoms with van der Waals surface area (Å²) >= 11 is 0. The highest BCUT2D eigenvalue weighted by molar-refractivity contribution is 4.88. The molecule has 0 aromatic carbocycles. The lowest BCUT2D eigenvalue weighted by atomic mass is 9.97. The number of hydrogen-bond donors (Lipinski definition) is 1. The average Bonchev–Trinajstić information content (AvgIpc) is 2.87. The Hall–Kier alpha value is -0.940. The maximum absolute atomic E-state index is 4.45. The highest BCUT2D eigenvalue weighted by atomic mass is 15.4. The lowest BCUT2D eigenvalue weighted by Crippen LogP contribution is -2.39. The molecule has 0 aliphatic carbocycles. The van der Waals surface area contributed by atoms with E-state index in [9.17, 15) is 0 Å². The smallest absolute Gasteiger partial charge is 0.141 e. The predicted molar refractivity (Wildman–Crippen MR) is 81.5 cm³/mol. The van der Waals surface area contributed by atoms with E-state index in [4.69, 9.17) is 0 Å². The number of nitrogens with zero attached hydrogens (tertiary/aromatic N) is 4. The molecule has 1 saturated heterocycles. The van der Waals surface area contributed by atoms with E-state index in [0.717, 1.165) is 18.3 Å². The maximum atomic E-state index is 4.45. The summed E-state index contributed by atoms with van der Waals surface area (Å²) in [5.41, 5.74) is 0. The van der Waals surface area contributed by atoms with Crippen LogP contribution in [0.3, 0.4) is 0 Å². The second-order valence-electron chi connectivity index (χ2n) is 6.43. The van der Waals surface area contributed by atoms with Gasteiger partial charge in [0.25, 0.3) is 0 Å². The zero-order chi connectivity index (χ0) is 14.5. The van der Waals surface area contributed by atoms with Gasteiger partial charge in [0.1, 0.15) is 12.2 Å². The molecule has 0 atom stereocenters. The van der Waals surface area contributed by atoms with Gasteiger partial charge < -0.3 is 5.32 Å². The molecule has 2 heterocycles. The van der Waals surface area contributed by atoms with Gasteiger partial charge in [0, 0.05) is 18.6 Å². The molecule has 2 rings (SSSR count). The summed E-state index contributed by atoms with van der Waals surface area (Å²) in [7, 11) is 0. The lowest BCUT2D eigenvalue weighted by Gasteiger charge is -2.32. The Morgan fingerprint density at radius 1 is 1.30 bits per heavy atom. The monoisotopic (exact) mass is 279 g/mol. The van der Waals surface area contributed by atoms with Gasteiger partial charge in [-0.2, -0.15) is 5.10 Å². The molecule has 5 heteroatoms. The minimum Gasteiger partial charge on any atom is -0.317 e. The van der Waals surface area contributed by atoms with Gasteiger partial charge in [-0.1, -0.05) is 0 Å². The summed E-state index contributed by atoms with van der Waals surface area (Å²) in [6.07, 6.45) is 4.26. The molecule has 0 saturated carbocycles. The van der Waals surface area contributed by atoms with E-state index in [1.54, 1.807) is 6.33 Å². The third-order valence-corrected chi connectivity index (χ3v) is 4.16. The van der Waals surface area contributed by atoms with E-state index in [2.05, 4.69) is 48.0 Å². The molecule has 0 amide bonds. The molecule has 1 aromatic heterocycles. The van der Waals surface area contributed by atoms with Gasteiger partial charge in [0.05, 0.1) is 6.54 Å². The van der Waals surface area contributed by atoms with Crippen molar-refractivity contribution in [2.24, 2.45) is 5.92 Å². The summed E-state index contributed by atoms with van der Waals surface area (Å²) in [6, 6.07) is 0.919. The number of rotatable bonds is 6. The van der Waals surface area contributed by atoms with Crippen LogP contribution in [0.25, 0.3) is 0 Å². The molecule has 1 fully saturated rings. The molecule has 1 N–H and O–H groups in total. The van der Waals surface area contributed by atoms with E-state index in [-0.39, 0.29) is 0 Å². The van der Waals surface area contributed by atoms with Crippen LogP contribution in [0, 0.1) is 5.92 Å². The van der Waals surface area contributed by atoms with E-state index in [0.29, 0.717) is 12.1 Å². The Morgan fingerprint density at radius 2 is 2.00 bits per heavy atom. The van der Waals surface area contributed by atoms with E-state index in [1.807, 2.05) is 4.68 Å². The van der Waals surface area contributed by atoms with Crippen molar-refractivity contribution in [3.8, 4) is 0 Å². The fraction of sp³-hybridized carbons (Fsp3) is 0.867. The first-order valence-electron chi connectivity index (χ1n) is 7.91. The van der Waals surface area contributed by atoms with Crippen LogP contribution in [-0.4, -0.2) is 45.3 Å². The molecule has 20 heavy (non-hydrogen) atoms. The summed E-state index contributed by atoms with van der Waals surface area (Å²) in [5.74, 6) is 1.90. The largest absolute Gasteiger partial charge is 0.317 e. The molecule has 0 spiro atoms. The maximum Gasteiger partial charge on any atom is 0.141 e. The second-order valence-corrected chi connectivity index (χ2v) is 6.43. The minimum absolute atomic E-state index is 0.375. The van der Waals surface area contributed by atoms with Crippen LogP contribution < -0.4 is 5.32 Å². The first kappa shape index (κ1) is 15.4. The molecular weight excluding hydrogens is 250 g/mol. The number of aromatic nitrogens is 3. The summed E-state index contributed by atoms with van der Waals surface area (Å²) in [4.78, 5) is 6.99. The molecule has 1 aliphatic heterocycles. The van der Waals surface area contributed by atoms with Crippen LogP contribution in [-0.2, 0) is 6.54 Å². The predicted octanol–water partition coefficient (Wildman–Crippen LogP) is 2.07. The second kappa shape index (κ2) is 7.18. The summed E-state index contributed by atoms with van der Waals surface area (Å²) in [6.45, 7) is 13.3. The third kappa shape index (κ3) is 4.03. The first-order chi connectivity index (χ1) is 9.58. The molecule has 5 nitrogen and oxygen atoms in total. The lowest BCUT2D eigenvalue weighted by molar-refractivity contribution is 0.155. The van der Waals surface area contributed by atoms with Crippen LogP contribution in [0.15, 0.2) is 6.33 Å². The average molecular weight is 279 g/mol. The Bertz CT molecular complexity index is 393. The fourth-order valence-electron chi connectivity index (χ4n) is 2.85. The molecule has 1 aromatic rings. The normalized spacial score (nSPS) is 17.6. The van der Waals surface area contributed by atoms with Gasteiger partial charge in [-0.3, -0.25) is 4.90 Å². The van der Waals surface area contributed by atoms with E-state index in [1.165, 1.54) is 32.5 Å². The van der Waals surface area contributed by atoms with E-state index < -0.39 is 0 Å². The Morgan fingerprint density at radius 3 is 2.60 bits per heavy atom. The number of piperidine rings is 1. The van der Waals surface area contributed by atoms with Crippen LogP contribution in [0.1, 0.15) is 52.4 Å². The zero-order valence-corrected chi connectivity index (χ0v) is 13.3. The van der Waals surface area contributed by atoms with Crippen molar-refractivity contribution in [2.45, 2.75) is 59.2 Å². The van der Waals surface area contributed by atoms with Gasteiger partial charge in [0.2, 0.25) is 0 Å².